The van der Waals surface area contributed by atoms with Gasteiger partial charge in [-0.3, -0.25) is 0 Å². The zero-order valence-electron chi connectivity index (χ0n) is 13.2. The third-order valence-corrected chi connectivity index (χ3v) is 3.37. The Hall–Kier alpha value is -1.84. The van der Waals surface area contributed by atoms with Crippen molar-refractivity contribution >= 4 is 11.9 Å². The molecule has 0 fully saturated rings. The number of carbonyl (C=O) groups is 2. The minimum atomic E-state index is -1.08. The monoisotopic (exact) mass is 292 g/mol. The summed E-state index contributed by atoms with van der Waals surface area (Å²) in [7, 11) is 0. The largest absolute Gasteiger partial charge is 0.478 e. The van der Waals surface area contributed by atoms with Gasteiger partial charge in [-0.25, -0.2) is 9.59 Å². The smallest absolute Gasteiger partial charge is 0.339 e. The third-order valence-electron chi connectivity index (χ3n) is 3.37. The van der Waals surface area contributed by atoms with Crippen LogP contribution >= 0.6 is 0 Å². The van der Waals surface area contributed by atoms with Crippen LogP contribution in [0.1, 0.15) is 65.5 Å². The second kappa shape index (κ2) is 7.81. The Morgan fingerprint density at radius 1 is 1.29 bits per heavy atom. The first-order valence-corrected chi connectivity index (χ1v) is 7.41. The SMILES string of the molecule is CCCCOC(=O)c1ccc(CC(C)C)c(C)c1C(=O)O. The molecule has 0 unspecified atom stereocenters. The summed E-state index contributed by atoms with van der Waals surface area (Å²) in [6, 6.07) is 3.40. The Labute approximate surface area is 126 Å². The van der Waals surface area contributed by atoms with E-state index < -0.39 is 11.9 Å². The van der Waals surface area contributed by atoms with E-state index >= 15 is 0 Å². The molecule has 1 aromatic rings. The molecule has 0 radical (unpaired) electrons. The molecule has 0 aliphatic rings. The van der Waals surface area contributed by atoms with Gasteiger partial charge in [0.25, 0.3) is 0 Å². The summed E-state index contributed by atoms with van der Waals surface area (Å²) >= 11 is 0. The van der Waals surface area contributed by atoms with Gasteiger partial charge in [-0.1, -0.05) is 33.3 Å². The highest BCUT2D eigenvalue weighted by molar-refractivity contribution is 6.03. The summed E-state index contributed by atoms with van der Waals surface area (Å²) in [5, 5.41) is 9.42. The van der Waals surface area contributed by atoms with E-state index in [1.807, 2.05) is 13.0 Å². The molecule has 1 rings (SSSR count). The molecule has 0 spiro atoms. The summed E-state index contributed by atoms with van der Waals surface area (Å²) in [4.78, 5) is 23.6. The average Bonchev–Trinajstić information content (AvgIpc) is 2.40. The maximum absolute atomic E-state index is 12.0. The second-order valence-corrected chi connectivity index (χ2v) is 5.66. The Kier molecular flexibility index (Phi) is 6.40. The normalized spacial score (nSPS) is 10.7. The van der Waals surface area contributed by atoms with Crippen LogP contribution < -0.4 is 0 Å². The first kappa shape index (κ1) is 17.2. The van der Waals surface area contributed by atoms with Gasteiger partial charge >= 0.3 is 11.9 Å². The van der Waals surface area contributed by atoms with Gasteiger partial charge in [0.1, 0.15) is 0 Å². The standard InChI is InChI=1S/C17H24O4/c1-5-6-9-21-17(20)14-8-7-13(10-11(2)3)12(4)15(14)16(18)19/h7-8,11H,5-6,9-10H2,1-4H3,(H,18,19). The molecule has 116 valence electrons. The molecule has 4 heteroatoms. The van der Waals surface area contributed by atoms with E-state index in [1.54, 1.807) is 13.0 Å². The van der Waals surface area contributed by atoms with Crippen LogP contribution in [-0.4, -0.2) is 23.7 Å². The molecule has 1 N–H and O–H groups in total. The van der Waals surface area contributed by atoms with Crippen molar-refractivity contribution in [1.29, 1.82) is 0 Å². The van der Waals surface area contributed by atoms with Gasteiger partial charge in [0.15, 0.2) is 0 Å². The number of hydrogen-bond donors (Lipinski definition) is 1. The molecular weight excluding hydrogens is 268 g/mol. The Morgan fingerprint density at radius 2 is 1.95 bits per heavy atom. The molecule has 4 nitrogen and oxygen atoms in total. The van der Waals surface area contributed by atoms with Crippen molar-refractivity contribution in [1.82, 2.24) is 0 Å². The van der Waals surface area contributed by atoms with E-state index in [0.29, 0.717) is 18.1 Å². The number of carboxylic acid groups (broad SMARTS) is 1. The van der Waals surface area contributed by atoms with Crippen molar-refractivity contribution in [3.05, 3.63) is 34.4 Å². The highest BCUT2D eigenvalue weighted by Gasteiger charge is 2.22. The number of ether oxygens (including phenoxy) is 1. The summed E-state index contributed by atoms with van der Waals surface area (Å²) in [6.45, 7) is 8.23. The fourth-order valence-electron chi connectivity index (χ4n) is 2.25. The Balaban J connectivity index is 3.12. The molecule has 0 saturated heterocycles. The van der Waals surface area contributed by atoms with E-state index in [1.165, 1.54) is 0 Å². The minimum Gasteiger partial charge on any atom is -0.478 e. The van der Waals surface area contributed by atoms with Gasteiger partial charge in [0.05, 0.1) is 17.7 Å². The fraction of sp³-hybridized carbons (Fsp3) is 0.529. The van der Waals surface area contributed by atoms with Crippen molar-refractivity contribution in [2.45, 2.75) is 47.0 Å². The number of hydrogen-bond acceptors (Lipinski definition) is 3. The lowest BCUT2D eigenvalue weighted by atomic mass is 9.92. The molecular formula is C17H24O4. The summed E-state index contributed by atoms with van der Waals surface area (Å²) in [5.74, 6) is -1.21. The van der Waals surface area contributed by atoms with E-state index in [2.05, 4.69) is 13.8 Å². The van der Waals surface area contributed by atoms with Crippen LogP contribution in [-0.2, 0) is 11.2 Å². The molecule has 1 aromatic carbocycles. The highest BCUT2D eigenvalue weighted by Crippen LogP contribution is 2.22. The van der Waals surface area contributed by atoms with Crippen molar-refractivity contribution in [3.63, 3.8) is 0 Å². The predicted molar refractivity (Wildman–Crippen MR) is 81.9 cm³/mol. The lowest BCUT2D eigenvalue weighted by molar-refractivity contribution is 0.0489. The lowest BCUT2D eigenvalue weighted by Crippen LogP contribution is -2.15. The zero-order chi connectivity index (χ0) is 16.0. The molecule has 0 heterocycles. The van der Waals surface area contributed by atoms with Crippen LogP contribution in [0.25, 0.3) is 0 Å². The molecule has 0 aliphatic heterocycles. The molecule has 0 bridgehead atoms. The van der Waals surface area contributed by atoms with Crippen LogP contribution in [0.3, 0.4) is 0 Å². The van der Waals surface area contributed by atoms with Crippen LogP contribution in [0.15, 0.2) is 12.1 Å². The van der Waals surface area contributed by atoms with Gasteiger partial charge in [0.2, 0.25) is 0 Å². The minimum absolute atomic E-state index is 0.0645. The maximum Gasteiger partial charge on any atom is 0.339 e. The lowest BCUT2D eigenvalue weighted by Gasteiger charge is -2.14. The van der Waals surface area contributed by atoms with E-state index in [-0.39, 0.29) is 11.1 Å². The first-order chi connectivity index (χ1) is 9.88. The Bertz CT molecular complexity index is 518. The molecule has 0 amide bonds. The van der Waals surface area contributed by atoms with Gasteiger partial charge < -0.3 is 9.84 Å². The molecule has 0 aromatic heterocycles. The highest BCUT2D eigenvalue weighted by atomic mass is 16.5. The van der Waals surface area contributed by atoms with Crippen molar-refractivity contribution < 1.29 is 19.4 Å². The predicted octanol–water partition coefficient (Wildman–Crippen LogP) is 3.85. The molecule has 0 atom stereocenters. The summed E-state index contributed by atoms with van der Waals surface area (Å²) < 4.78 is 5.13. The van der Waals surface area contributed by atoms with Crippen molar-refractivity contribution in [2.24, 2.45) is 5.92 Å². The topological polar surface area (TPSA) is 63.6 Å². The Morgan fingerprint density at radius 3 is 2.48 bits per heavy atom. The summed E-state index contributed by atoms with van der Waals surface area (Å²) in [5.41, 5.74) is 1.83. The number of benzene rings is 1. The van der Waals surface area contributed by atoms with Crippen molar-refractivity contribution in [3.8, 4) is 0 Å². The number of esters is 1. The average molecular weight is 292 g/mol. The van der Waals surface area contributed by atoms with Gasteiger partial charge in [-0.2, -0.15) is 0 Å². The van der Waals surface area contributed by atoms with Crippen LogP contribution in [0.4, 0.5) is 0 Å². The summed E-state index contributed by atoms with van der Waals surface area (Å²) in [6.07, 6.45) is 2.49. The van der Waals surface area contributed by atoms with Crippen LogP contribution in [0, 0.1) is 12.8 Å². The van der Waals surface area contributed by atoms with E-state index in [9.17, 15) is 14.7 Å². The number of carboxylic acids is 1. The first-order valence-electron chi connectivity index (χ1n) is 7.41. The molecule has 0 saturated carbocycles. The fourth-order valence-corrected chi connectivity index (χ4v) is 2.25. The van der Waals surface area contributed by atoms with E-state index in [4.69, 9.17) is 4.74 Å². The number of unbranched alkanes of at least 4 members (excludes halogenated alkanes) is 1. The van der Waals surface area contributed by atoms with Crippen LogP contribution in [0.2, 0.25) is 0 Å². The quantitative estimate of drug-likeness (QED) is 0.612. The van der Waals surface area contributed by atoms with Gasteiger partial charge in [-0.15, -0.1) is 0 Å². The number of carbonyl (C=O) groups excluding carboxylic acids is 1. The third kappa shape index (κ3) is 4.59. The number of aromatic carboxylic acids is 1. The molecule has 0 aliphatic carbocycles. The van der Waals surface area contributed by atoms with E-state index in [0.717, 1.165) is 24.8 Å². The van der Waals surface area contributed by atoms with Crippen LogP contribution in [0.5, 0.6) is 0 Å². The van der Waals surface area contributed by atoms with Crippen molar-refractivity contribution in [2.75, 3.05) is 6.61 Å². The number of rotatable bonds is 7. The zero-order valence-corrected chi connectivity index (χ0v) is 13.2. The van der Waals surface area contributed by atoms with Gasteiger partial charge in [-0.05, 0) is 42.9 Å². The maximum atomic E-state index is 12.0. The van der Waals surface area contributed by atoms with Gasteiger partial charge in [0, 0.05) is 0 Å². The molecule has 21 heavy (non-hydrogen) atoms. The second-order valence-electron chi connectivity index (χ2n) is 5.66.